The Morgan fingerprint density at radius 1 is 1.05 bits per heavy atom. The quantitative estimate of drug-likeness (QED) is 0.892. The predicted octanol–water partition coefficient (Wildman–Crippen LogP) is 4.29. The summed E-state index contributed by atoms with van der Waals surface area (Å²) in [6, 6.07) is 10.2. The fourth-order valence-electron chi connectivity index (χ4n) is 1.89. The normalized spacial score (nSPS) is 12.3. The van der Waals surface area contributed by atoms with E-state index in [2.05, 4.69) is 0 Å². The molecule has 2 nitrogen and oxygen atoms in total. The highest BCUT2D eigenvalue weighted by Crippen LogP contribution is 2.29. The van der Waals surface area contributed by atoms with Gasteiger partial charge in [0, 0.05) is 0 Å². The predicted molar refractivity (Wildman–Crippen MR) is 73.0 cm³/mol. The molecule has 0 radical (unpaired) electrons. The van der Waals surface area contributed by atoms with Crippen LogP contribution in [0.3, 0.4) is 0 Å². The molecule has 3 heteroatoms. The number of hydrogen-bond acceptors (Lipinski definition) is 2. The van der Waals surface area contributed by atoms with Crippen molar-refractivity contribution in [3.8, 4) is 11.5 Å². The molecule has 0 amide bonds. The Bertz CT molecular complexity index is 591. The van der Waals surface area contributed by atoms with E-state index in [0.29, 0.717) is 11.3 Å². The zero-order valence-electron chi connectivity index (χ0n) is 11.3. The minimum atomic E-state index is -0.690. The van der Waals surface area contributed by atoms with E-state index in [-0.39, 0.29) is 5.75 Å². The molecule has 0 heterocycles. The van der Waals surface area contributed by atoms with Gasteiger partial charge in [-0.1, -0.05) is 23.8 Å². The molecular weight excluding hydrogens is 243 g/mol. The molecule has 2 rings (SSSR count). The second-order valence-electron chi connectivity index (χ2n) is 4.74. The average Bonchev–Trinajstić information content (AvgIpc) is 2.34. The number of benzene rings is 2. The van der Waals surface area contributed by atoms with Crippen LogP contribution in [0.15, 0.2) is 36.4 Å². The van der Waals surface area contributed by atoms with Crippen LogP contribution in [0, 0.1) is 19.7 Å². The Kier molecular flexibility index (Phi) is 3.86. The largest absolute Gasteiger partial charge is 0.454 e. The Morgan fingerprint density at radius 3 is 2.32 bits per heavy atom. The molecule has 0 aromatic heterocycles. The van der Waals surface area contributed by atoms with E-state index < -0.39 is 11.9 Å². The molecule has 0 aliphatic heterocycles. The fourth-order valence-corrected chi connectivity index (χ4v) is 1.89. The highest BCUT2D eigenvalue weighted by atomic mass is 19.1. The third-order valence-electron chi connectivity index (χ3n) is 2.99. The smallest absolute Gasteiger partial charge is 0.166 e. The Morgan fingerprint density at radius 2 is 1.74 bits per heavy atom. The van der Waals surface area contributed by atoms with Crippen LogP contribution in [-0.2, 0) is 0 Å². The van der Waals surface area contributed by atoms with E-state index in [1.54, 1.807) is 13.0 Å². The van der Waals surface area contributed by atoms with Crippen LogP contribution in [0.5, 0.6) is 11.5 Å². The molecule has 1 atom stereocenters. The van der Waals surface area contributed by atoms with Crippen molar-refractivity contribution in [1.29, 1.82) is 0 Å². The number of aliphatic hydroxyl groups excluding tert-OH is 1. The maximum Gasteiger partial charge on any atom is 0.166 e. The van der Waals surface area contributed by atoms with Crippen molar-refractivity contribution in [3.05, 3.63) is 58.9 Å². The molecule has 0 spiro atoms. The lowest BCUT2D eigenvalue weighted by atomic mass is 10.1. The van der Waals surface area contributed by atoms with Crippen LogP contribution in [0.25, 0.3) is 0 Å². The fraction of sp³-hybridized carbons (Fsp3) is 0.250. The molecule has 1 N–H and O–H groups in total. The molecule has 0 fully saturated rings. The Labute approximate surface area is 112 Å². The maximum atomic E-state index is 13.9. The van der Waals surface area contributed by atoms with Gasteiger partial charge < -0.3 is 9.84 Å². The van der Waals surface area contributed by atoms with E-state index in [0.717, 1.165) is 11.1 Å². The summed E-state index contributed by atoms with van der Waals surface area (Å²) in [5, 5.41) is 9.40. The van der Waals surface area contributed by atoms with Gasteiger partial charge in [-0.15, -0.1) is 0 Å². The third kappa shape index (κ3) is 3.12. The first-order chi connectivity index (χ1) is 8.97. The summed E-state index contributed by atoms with van der Waals surface area (Å²) in [4.78, 5) is 0. The zero-order chi connectivity index (χ0) is 14.0. The standard InChI is InChI=1S/C16H17FO2/c1-10-4-6-15(11(2)8-10)19-16-7-5-13(12(3)18)9-14(16)17/h4-9,12,18H,1-3H3. The number of hydrogen-bond donors (Lipinski definition) is 1. The van der Waals surface area contributed by atoms with Crippen LogP contribution in [0.1, 0.15) is 29.7 Å². The van der Waals surface area contributed by atoms with Crippen LogP contribution in [0.4, 0.5) is 4.39 Å². The second-order valence-corrected chi connectivity index (χ2v) is 4.74. The van der Waals surface area contributed by atoms with Crippen LogP contribution < -0.4 is 4.74 Å². The first-order valence-electron chi connectivity index (χ1n) is 6.20. The van der Waals surface area contributed by atoms with E-state index in [9.17, 15) is 9.50 Å². The van der Waals surface area contributed by atoms with Crippen molar-refractivity contribution in [2.45, 2.75) is 26.9 Å². The lowest BCUT2D eigenvalue weighted by molar-refractivity contribution is 0.198. The van der Waals surface area contributed by atoms with E-state index >= 15 is 0 Å². The van der Waals surface area contributed by atoms with Crippen LogP contribution >= 0.6 is 0 Å². The van der Waals surface area contributed by atoms with Crippen molar-refractivity contribution in [2.24, 2.45) is 0 Å². The molecule has 100 valence electrons. The molecule has 1 unspecified atom stereocenters. The molecule has 0 bridgehead atoms. The van der Waals surface area contributed by atoms with Crippen molar-refractivity contribution >= 4 is 0 Å². The van der Waals surface area contributed by atoms with Gasteiger partial charge in [0.15, 0.2) is 11.6 Å². The van der Waals surface area contributed by atoms with Crippen LogP contribution in [-0.4, -0.2) is 5.11 Å². The lowest BCUT2D eigenvalue weighted by Gasteiger charge is -2.12. The van der Waals surface area contributed by atoms with Crippen molar-refractivity contribution in [3.63, 3.8) is 0 Å². The summed E-state index contributed by atoms with van der Waals surface area (Å²) in [5.41, 5.74) is 2.62. The van der Waals surface area contributed by atoms with E-state index in [1.807, 2.05) is 32.0 Å². The number of rotatable bonds is 3. The van der Waals surface area contributed by atoms with Gasteiger partial charge in [-0.05, 0) is 50.1 Å². The lowest BCUT2D eigenvalue weighted by Crippen LogP contribution is -1.95. The van der Waals surface area contributed by atoms with Crippen LogP contribution in [0.2, 0.25) is 0 Å². The number of aliphatic hydroxyl groups is 1. The van der Waals surface area contributed by atoms with Crippen molar-refractivity contribution in [1.82, 2.24) is 0 Å². The topological polar surface area (TPSA) is 29.5 Å². The molecule has 0 saturated carbocycles. The maximum absolute atomic E-state index is 13.9. The summed E-state index contributed by atoms with van der Waals surface area (Å²) in [6.45, 7) is 5.51. The molecule has 0 aliphatic rings. The monoisotopic (exact) mass is 260 g/mol. The van der Waals surface area contributed by atoms with Gasteiger partial charge in [-0.2, -0.15) is 0 Å². The molecule has 0 saturated heterocycles. The first-order valence-corrected chi connectivity index (χ1v) is 6.20. The third-order valence-corrected chi connectivity index (χ3v) is 2.99. The van der Waals surface area contributed by atoms with Gasteiger partial charge in [0.1, 0.15) is 5.75 Å². The van der Waals surface area contributed by atoms with Gasteiger partial charge in [-0.3, -0.25) is 0 Å². The second kappa shape index (κ2) is 5.41. The highest BCUT2D eigenvalue weighted by Gasteiger charge is 2.10. The van der Waals surface area contributed by atoms with Gasteiger partial charge in [0.25, 0.3) is 0 Å². The Hall–Kier alpha value is -1.87. The minimum Gasteiger partial charge on any atom is -0.454 e. The molecule has 2 aromatic rings. The van der Waals surface area contributed by atoms with E-state index in [1.165, 1.54) is 12.1 Å². The average molecular weight is 260 g/mol. The summed E-state index contributed by atoms with van der Waals surface area (Å²) in [6.07, 6.45) is -0.690. The van der Waals surface area contributed by atoms with Gasteiger partial charge >= 0.3 is 0 Å². The minimum absolute atomic E-state index is 0.163. The summed E-state index contributed by atoms with van der Waals surface area (Å²) >= 11 is 0. The SMILES string of the molecule is Cc1ccc(Oc2ccc(C(C)O)cc2F)c(C)c1. The van der Waals surface area contributed by atoms with Crippen molar-refractivity contribution in [2.75, 3.05) is 0 Å². The molecule has 19 heavy (non-hydrogen) atoms. The van der Waals surface area contributed by atoms with Gasteiger partial charge in [0.05, 0.1) is 6.10 Å². The number of ether oxygens (including phenoxy) is 1. The summed E-state index contributed by atoms with van der Waals surface area (Å²) in [5.74, 6) is 0.323. The zero-order valence-corrected chi connectivity index (χ0v) is 11.3. The molecule has 2 aromatic carbocycles. The van der Waals surface area contributed by atoms with Gasteiger partial charge in [0.2, 0.25) is 0 Å². The number of halogens is 1. The van der Waals surface area contributed by atoms with E-state index in [4.69, 9.17) is 4.74 Å². The number of aryl methyl sites for hydroxylation is 2. The summed E-state index contributed by atoms with van der Waals surface area (Å²) in [7, 11) is 0. The Balaban J connectivity index is 2.28. The first kappa shape index (κ1) is 13.6. The molecular formula is C16H17FO2. The molecule has 0 aliphatic carbocycles. The summed E-state index contributed by atoms with van der Waals surface area (Å²) < 4.78 is 19.4. The van der Waals surface area contributed by atoms with Crippen molar-refractivity contribution < 1.29 is 14.2 Å². The van der Waals surface area contributed by atoms with Gasteiger partial charge in [-0.25, -0.2) is 4.39 Å². The highest BCUT2D eigenvalue weighted by molar-refractivity contribution is 5.40.